The Morgan fingerprint density at radius 2 is 2.21 bits per heavy atom. The number of halogens is 2. The molecule has 2 nitrogen and oxygen atoms in total. The summed E-state index contributed by atoms with van der Waals surface area (Å²) in [6.45, 7) is 6.16. The molecule has 1 saturated heterocycles. The molecule has 1 aromatic carbocycles. The van der Waals surface area contributed by atoms with Crippen molar-refractivity contribution >= 4 is 23.2 Å². The van der Waals surface area contributed by atoms with Gasteiger partial charge in [-0.15, -0.1) is 0 Å². The summed E-state index contributed by atoms with van der Waals surface area (Å²) in [5.41, 5.74) is 1.04. The zero-order valence-electron chi connectivity index (χ0n) is 11.5. The number of hydrogen-bond acceptors (Lipinski definition) is 2. The van der Waals surface area contributed by atoms with Gasteiger partial charge in [0.05, 0.1) is 22.2 Å². The summed E-state index contributed by atoms with van der Waals surface area (Å²) < 4.78 is 5.91. The van der Waals surface area contributed by atoms with E-state index >= 15 is 0 Å². The maximum absolute atomic E-state index is 6.37. The summed E-state index contributed by atoms with van der Waals surface area (Å²) in [7, 11) is 0. The smallest absolute Gasteiger partial charge is 0.0796 e. The fraction of sp³-hybridized carbons (Fsp3) is 0.600. The molecule has 0 bridgehead atoms. The zero-order valence-corrected chi connectivity index (χ0v) is 13.0. The second-order valence-electron chi connectivity index (χ2n) is 5.18. The number of benzene rings is 1. The van der Waals surface area contributed by atoms with Crippen LogP contribution in [-0.4, -0.2) is 19.3 Å². The van der Waals surface area contributed by atoms with E-state index in [0.29, 0.717) is 16.0 Å². The summed E-state index contributed by atoms with van der Waals surface area (Å²) in [5, 5.41) is 4.80. The number of hydrogen-bond donors (Lipinski definition) is 1. The van der Waals surface area contributed by atoms with Crippen LogP contribution in [0.15, 0.2) is 18.2 Å². The van der Waals surface area contributed by atoms with Crippen LogP contribution in [0, 0.1) is 5.92 Å². The van der Waals surface area contributed by atoms with Crippen molar-refractivity contribution in [2.75, 3.05) is 13.2 Å². The van der Waals surface area contributed by atoms with E-state index in [0.717, 1.165) is 31.6 Å². The molecule has 1 fully saturated rings. The van der Waals surface area contributed by atoms with Gasteiger partial charge in [0.2, 0.25) is 0 Å². The van der Waals surface area contributed by atoms with E-state index in [1.165, 1.54) is 0 Å². The van der Waals surface area contributed by atoms with Crippen molar-refractivity contribution < 1.29 is 4.74 Å². The topological polar surface area (TPSA) is 21.3 Å². The van der Waals surface area contributed by atoms with Crippen LogP contribution in [0.3, 0.4) is 0 Å². The van der Waals surface area contributed by atoms with E-state index in [4.69, 9.17) is 27.9 Å². The van der Waals surface area contributed by atoms with Gasteiger partial charge in [-0.1, -0.05) is 49.2 Å². The fourth-order valence-corrected chi connectivity index (χ4v) is 3.03. The van der Waals surface area contributed by atoms with E-state index < -0.39 is 0 Å². The minimum atomic E-state index is 0.114. The van der Waals surface area contributed by atoms with Crippen molar-refractivity contribution in [2.45, 2.75) is 38.8 Å². The molecule has 4 heteroatoms. The predicted molar refractivity (Wildman–Crippen MR) is 81.0 cm³/mol. The Kier molecular flexibility index (Phi) is 5.52. The standard InChI is InChI=1S/C15H21Cl2NO/c1-3-8-18-14(15-10(2)7-9-19-15)11-5-4-6-12(16)13(11)17/h4-6,10,14-15,18H,3,7-9H2,1-2H3. The molecule has 0 radical (unpaired) electrons. The Morgan fingerprint density at radius 1 is 1.42 bits per heavy atom. The molecule has 0 aliphatic carbocycles. The lowest BCUT2D eigenvalue weighted by molar-refractivity contribution is 0.0607. The fourth-order valence-electron chi connectivity index (χ4n) is 2.61. The highest BCUT2D eigenvalue weighted by atomic mass is 35.5. The molecular formula is C15H21Cl2NO. The van der Waals surface area contributed by atoms with E-state index in [1.807, 2.05) is 18.2 Å². The molecule has 2 rings (SSSR count). The van der Waals surface area contributed by atoms with Gasteiger partial charge in [0.15, 0.2) is 0 Å². The minimum Gasteiger partial charge on any atom is -0.376 e. The van der Waals surface area contributed by atoms with Gasteiger partial charge in [0, 0.05) is 6.61 Å². The lowest BCUT2D eigenvalue weighted by Gasteiger charge is -2.28. The zero-order chi connectivity index (χ0) is 13.8. The Labute approximate surface area is 125 Å². The summed E-state index contributed by atoms with van der Waals surface area (Å²) >= 11 is 12.5. The molecule has 1 heterocycles. The highest BCUT2D eigenvalue weighted by Gasteiger charge is 2.33. The largest absolute Gasteiger partial charge is 0.376 e. The predicted octanol–water partition coefficient (Wildman–Crippen LogP) is 4.46. The van der Waals surface area contributed by atoms with E-state index in [-0.39, 0.29) is 12.1 Å². The highest BCUT2D eigenvalue weighted by molar-refractivity contribution is 6.42. The van der Waals surface area contributed by atoms with Crippen LogP contribution >= 0.6 is 23.2 Å². The molecule has 0 saturated carbocycles. The first-order chi connectivity index (χ1) is 9.15. The Balaban J connectivity index is 2.28. The molecule has 106 valence electrons. The average molecular weight is 302 g/mol. The maximum atomic E-state index is 6.37. The van der Waals surface area contributed by atoms with Gasteiger partial charge in [0.25, 0.3) is 0 Å². The maximum Gasteiger partial charge on any atom is 0.0796 e. The van der Waals surface area contributed by atoms with Gasteiger partial charge in [-0.25, -0.2) is 0 Å². The number of nitrogens with one attached hydrogen (secondary N) is 1. The van der Waals surface area contributed by atoms with E-state index in [2.05, 4.69) is 19.2 Å². The Morgan fingerprint density at radius 3 is 2.84 bits per heavy atom. The van der Waals surface area contributed by atoms with Gasteiger partial charge in [0.1, 0.15) is 0 Å². The van der Waals surface area contributed by atoms with Crippen LogP contribution in [0.4, 0.5) is 0 Å². The average Bonchev–Trinajstić information content (AvgIpc) is 2.81. The van der Waals surface area contributed by atoms with E-state index in [9.17, 15) is 0 Å². The molecule has 19 heavy (non-hydrogen) atoms. The van der Waals surface area contributed by atoms with Crippen LogP contribution in [0.5, 0.6) is 0 Å². The summed E-state index contributed by atoms with van der Waals surface area (Å²) in [4.78, 5) is 0. The summed E-state index contributed by atoms with van der Waals surface area (Å²) in [6.07, 6.45) is 2.35. The Bertz CT molecular complexity index is 425. The molecule has 1 aliphatic rings. The molecule has 0 amide bonds. The first-order valence-electron chi connectivity index (χ1n) is 6.94. The van der Waals surface area contributed by atoms with Crippen molar-refractivity contribution in [1.29, 1.82) is 0 Å². The van der Waals surface area contributed by atoms with Crippen molar-refractivity contribution in [3.63, 3.8) is 0 Å². The van der Waals surface area contributed by atoms with Crippen LogP contribution in [0.2, 0.25) is 10.0 Å². The lowest BCUT2D eigenvalue weighted by atomic mass is 9.92. The molecular weight excluding hydrogens is 281 g/mol. The van der Waals surface area contributed by atoms with Crippen molar-refractivity contribution in [1.82, 2.24) is 5.32 Å². The van der Waals surface area contributed by atoms with Crippen LogP contribution in [-0.2, 0) is 4.74 Å². The van der Waals surface area contributed by atoms with Crippen molar-refractivity contribution in [3.8, 4) is 0 Å². The van der Waals surface area contributed by atoms with Gasteiger partial charge in [-0.2, -0.15) is 0 Å². The molecule has 0 spiro atoms. The van der Waals surface area contributed by atoms with Gasteiger partial charge >= 0.3 is 0 Å². The second kappa shape index (κ2) is 6.94. The van der Waals surface area contributed by atoms with Crippen LogP contribution in [0.25, 0.3) is 0 Å². The molecule has 1 aromatic rings. The summed E-state index contributed by atoms with van der Waals surface area (Å²) in [6, 6.07) is 5.92. The normalized spacial score (nSPS) is 24.6. The van der Waals surface area contributed by atoms with Crippen molar-refractivity contribution in [3.05, 3.63) is 33.8 Å². The van der Waals surface area contributed by atoms with E-state index in [1.54, 1.807) is 0 Å². The van der Waals surface area contributed by atoms with Crippen LogP contribution < -0.4 is 5.32 Å². The first kappa shape index (κ1) is 15.1. The third-order valence-corrected chi connectivity index (χ3v) is 4.54. The monoisotopic (exact) mass is 301 g/mol. The highest BCUT2D eigenvalue weighted by Crippen LogP contribution is 2.36. The van der Waals surface area contributed by atoms with Crippen molar-refractivity contribution in [2.24, 2.45) is 5.92 Å². The number of ether oxygens (including phenoxy) is 1. The molecule has 1 aliphatic heterocycles. The third kappa shape index (κ3) is 3.43. The molecule has 0 aromatic heterocycles. The van der Waals surface area contributed by atoms with Gasteiger partial charge < -0.3 is 10.1 Å². The molecule has 3 unspecified atom stereocenters. The van der Waals surface area contributed by atoms with Crippen LogP contribution in [0.1, 0.15) is 38.3 Å². The Hall–Kier alpha value is -0.280. The third-order valence-electron chi connectivity index (χ3n) is 3.70. The number of rotatable bonds is 5. The first-order valence-corrected chi connectivity index (χ1v) is 7.69. The van der Waals surface area contributed by atoms with Gasteiger partial charge in [-0.3, -0.25) is 0 Å². The minimum absolute atomic E-state index is 0.114. The molecule has 1 N–H and O–H groups in total. The summed E-state index contributed by atoms with van der Waals surface area (Å²) in [5.74, 6) is 0.532. The van der Waals surface area contributed by atoms with Gasteiger partial charge in [-0.05, 0) is 36.9 Å². The molecule has 3 atom stereocenters. The second-order valence-corrected chi connectivity index (χ2v) is 5.96. The SMILES string of the molecule is CCCNC(c1cccc(Cl)c1Cl)C1OCCC1C. The lowest BCUT2D eigenvalue weighted by Crippen LogP contribution is -2.35. The quantitative estimate of drug-likeness (QED) is 0.867.